The van der Waals surface area contributed by atoms with Gasteiger partial charge in [-0.3, -0.25) is 9.59 Å². The van der Waals surface area contributed by atoms with Crippen molar-refractivity contribution in [3.05, 3.63) is 70.2 Å². The average Bonchev–Trinajstić information content (AvgIpc) is 3.32. The van der Waals surface area contributed by atoms with E-state index in [1.165, 1.54) is 5.56 Å². The smallest absolute Gasteiger partial charge is 0.243 e. The van der Waals surface area contributed by atoms with Gasteiger partial charge in [0.2, 0.25) is 11.8 Å². The molecule has 1 aliphatic rings. The zero-order valence-corrected chi connectivity index (χ0v) is 20.9. The fourth-order valence-corrected chi connectivity index (χ4v) is 4.66. The molecule has 2 aromatic carbocycles. The number of hydrogen-bond donors (Lipinski definition) is 1. The molecule has 0 spiro atoms. The summed E-state index contributed by atoms with van der Waals surface area (Å²) in [6, 6.07) is 15.8. The molecule has 0 aromatic heterocycles. The topological polar surface area (TPSA) is 49.4 Å². The van der Waals surface area contributed by atoms with Crippen molar-refractivity contribution in [2.75, 3.05) is 0 Å². The molecule has 2 amide bonds. The molecular weight excluding hydrogens is 432 g/mol. The van der Waals surface area contributed by atoms with Crippen molar-refractivity contribution in [3.63, 3.8) is 0 Å². The van der Waals surface area contributed by atoms with Gasteiger partial charge in [0.05, 0.1) is 0 Å². The maximum Gasteiger partial charge on any atom is 0.243 e. The molecule has 0 bridgehead atoms. The molecule has 178 valence electrons. The standard InChI is InChI=1S/C28H37ClN2O2/c1-4-26(28(33)30-25-7-5-6-8-25)31(19-22-11-16-24(29)17-12-22)27(32)18-13-21-9-14-23(15-10-21)20(2)3/h9-12,14-17,20,25-26H,4-8,13,18-19H2,1-3H3,(H,30,33). The first-order valence-corrected chi connectivity index (χ1v) is 12.7. The first kappa shape index (κ1) is 25.3. The van der Waals surface area contributed by atoms with Gasteiger partial charge in [-0.2, -0.15) is 0 Å². The molecule has 3 rings (SSSR count). The summed E-state index contributed by atoms with van der Waals surface area (Å²) in [6.45, 7) is 6.73. The summed E-state index contributed by atoms with van der Waals surface area (Å²) in [5, 5.41) is 3.86. The molecule has 2 aromatic rings. The minimum atomic E-state index is -0.475. The number of carbonyl (C=O) groups is 2. The van der Waals surface area contributed by atoms with Crippen LogP contribution in [0.4, 0.5) is 0 Å². The molecule has 1 atom stereocenters. The zero-order chi connectivity index (χ0) is 23.8. The van der Waals surface area contributed by atoms with Gasteiger partial charge in [0.15, 0.2) is 0 Å². The molecule has 0 aliphatic heterocycles. The minimum Gasteiger partial charge on any atom is -0.352 e. The van der Waals surface area contributed by atoms with Gasteiger partial charge in [0.25, 0.3) is 0 Å². The molecule has 1 fully saturated rings. The van der Waals surface area contributed by atoms with Crippen LogP contribution < -0.4 is 5.32 Å². The second-order valence-electron chi connectivity index (χ2n) is 9.46. The van der Waals surface area contributed by atoms with Crippen LogP contribution in [0.1, 0.15) is 81.9 Å². The number of rotatable bonds is 10. The van der Waals surface area contributed by atoms with E-state index in [0.717, 1.165) is 36.8 Å². The summed E-state index contributed by atoms with van der Waals surface area (Å²) in [5.74, 6) is 0.457. The highest BCUT2D eigenvalue weighted by Gasteiger charge is 2.30. The zero-order valence-electron chi connectivity index (χ0n) is 20.1. The summed E-state index contributed by atoms with van der Waals surface area (Å²) < 4.78 is 0. The lowest BCUT2D eigenvalue weighted by Crippen LogP contribution is -2.51. The molecule has 0 saturated heterocycles. The first-order chi connectivity index (χ1) is 15.9. The Hall–Kier alpha value is -2.33. The fourth-order valence-electron chi connectivity index (χ4n) is 4.54. The van der Waals surface area contributed by atoms with Crippen LogP contribution in [0, 0.1) is 0 Å². The van der Waals surface area contributed by atoms with Gasteiger partial charge < -0.3 is 10.2 Å². The predicted octanol–water partition coefficient (Wildman–Crippen LogP) is 6.26. The molecule has 1 unspecified atom stereocenters. The van der Waals surface area contributed by atoms with E-state index in [1.54, 1.807) is 4.90 Å². The van der Waals surface area contributed by atoms with Gasteiger partial charge in [-0.15, -0.1) is 0 Å². The molecular formula is C28H37ClN2O2. The minimum absolute atomic E-state index is 0.00584. The predicted molar refractivity (Wildman–Crippen MR) is 135 cm³/mol. The number of benzene rings is 2. The molecule has 0 heterocycles. The third-order valence-corrected chi connectivity index (χ3v) is 6.88. The average molecular weight is 469 g/mol. The Balaban J connectivity index is 1.73. The molecule has 1 aliphatic carbocycles. The highest BCUT2D eigenvalue weighted by atomic mass is 35.5. The summed E-state index contributed by atoms with van der Waals surface area (Å²) in [6.07, 6.45) is 5.99. The number of hydrogen-bond acceptors (Lipinski definition) is 2. The Kier molecular flexibility index (Phi) is 9.37. The van der Waals surface area contributed by atoms with Gasteiger partial charge in [0, 0.05) is 24.0 Å². The van der Waals surface area contributed by atoms with E-state index in [9.17, 15) is 9.59 Å². The van der Waals surface area contributed by atoms with E-state index >= 15 is 0 Å². The highest BCUT2D eigenvalue weighted by molar-refractivity contribution is 6.30. The number of aryl methyl sites for hydroxylation is 1. The Morgan fingerprint density at radius 2 is 1.61 bits per heavy atom. The van der Waals surface area contributed by atoms with Crippen molar-refractivity contribution in [1.29, 1.82) is 0 Å². The second-order valence-corrected chi connectivity index (χ2v) is 9.89. The van der Waals surface area contributed by atoms with Crippen molar-refractivity contribution in [2.24, 2.45) is 0 Å². The SMILES string of the molecule is CCC(C(=O)NC1CCCC1)N(Cc1ccc(Cl)cc1)C(=O)CCc1ccc(C(C)C)cc1. The lowest BCUT2D eigenvalue weighted by Gasteiger charge is -2.31. The van der Waals surface area contributed by atoms with Crippen LogP contribution in [0.5, 0.6) is 0 Å². The summed E-state index contributed by atoms with van der Waals surface area (Å²) in [7, 11) is 0. The van der Waals surface area contributed by atoms with Gasteiger partial charge in [-0.05, 0) is 60.4 Å². The number of nitrogens with zero attached hydrogens (tertiary/aromatic N) is 1. The van der Waals surface area contributed by atoms with Gasteiger partial charge in [-0.1, -0.05) is 81.6 Å². The van der Waals surface area contributed by atoms with Crippen LogP contribution in [0.25, 0.3) is 0 Å². The lowest BCUT2D eigenvalue weighted by atomic mass is 10.00. The normalized spacial score (nSPS) is 14.9. The Labute approximate surface area is 203 Å². The first-order valence-electron chi connectivity index (χ1n) is 12.3. The van der Waals surface area contributed by atoms with Crippen LogP contribution in [-0.4, -0.2) is 28.8 Å². The maximum atomic E-state index is 13.4. The van der Waals surface area contributed by atoms with E-state index in [4.69, 9.17) is 11.6 Å². The number of amides is 2. The van der Waals surface area contributed by atoms with Crippen LogP contribution in [0.15, 0.2) is 48.5 Å². The number of nitrogens with one attached hydrogen (secondary N) is 1. The van der Waals surface area contributed by atoms with Crippen molar-refractivity contribution in [2.45, 2.75) is 90.3 Å². The summed E-state index contributed by atoms with van der Waals surface area (Å²) in [5.41, 5.74) is 3.41. The van der Waals surface area contributed by atoms with Crippen LogP contribution >= 0.6 is 11.6 Å². The van der Waals surface area contributed by atoms with Crippen molar-refractivity contribution < 1.29 is 9.59 Å². The van der Waals surface area contributed by atoms with E-state index in [-0.39, 0.29) is 17.9 Å². The highest BCUT2D eigenvalue weighted by Crippen LogP contribution is 2.21. The molecule has 0 radical (unpaired) electrons. The Morgan fingerprint density at radius 3 is 2.18 bits per heavy atom. The van der Waals surface area contributed by atoms with E-state index in [1.807, 2.05) is 31.2 Å². The monoisotopic (exact) mass is 468 g/mol. The quantitative estimate of drug-likeness (QED) is 0.447. The third kappa shape index (κ3) is 7.33. The van der Waals surface area contributed by atoms with Gasteiger partial charge in [-0.25, -0.2) is 0 Å². The number of carbonyl (C=O) groups excluding carboxylic acids is 2. The van der Waals surface area contributed by atoms with Crippen LogP contribution in [-0.2, 0) is 22.6 Å². The van der Waals surface area contributed by atoms with Crippen molar-refractivity contribution >= 4 is 23.4 Å². The summed E-state index contributed by atoms with van der Waals surface area (Å²) >= 11 is 6.05. The van der Waals surface area contributed by atoms with Crippen molar-refractivity contribution in [3.8, 4) is 0 Å². The molecule has 4 nitrogen and oxygen atoms in total. The van der Waals surface area contributed by atoms with Crippen LogP contribution in [0.3, 0.4) is 0 Å². The number of halogens is 1. The van der Waals surface area contributed by atoms with Crippen molar-refractivity contribution in [1.82, 2.24) is 10.2 Å². The molecule has 1 saturated carbocycles. The Morgan fingerprint density at radius 1 is 1.00 bits per heavy atom. The third-order valence-electron chi connectivity index (χ3n) is 6.63. The maximum absolute atomic E-state index is 13.4. The van der Waals surface area contributed by atoms with E-state index in [2.05, 4.69) is 43.4 Å². The molecule has 1 N–H and O–H groups in total. The van der Waals surface area contributed by atoms with Gasteiger partial charge >= 0.3 is 0 Å². The van der Waals surface area contributed by atoms with E-state index in [0.29, 0.717) is 36.7 Å². The largest absolute Gasteiger partial charge is 0.352 e. The molecule has 5 heteroatoms. The Bertz CT molecular complexity index is 902. The second kappa shape index (κ2) is 12.2. The fraction of sp³-hybridized carbons (Fsp3) is 0.500. The molecule has 33 heavy (non-hydrogen) atoms. The van der Waals surface area contributed by atoms with Gasteiger partial charge in [0.1, 0.15) is 6.04 Å². The van der Waals surface area contributed by atoms with E-state index < -0.39 is 6.04 Å². The summed E-state index contributed by atoms with van der Waals surface area (Å²) in [4.78, 5) is 28.4. The van der Waals surface area contributed by atoms with Crippen LogP contribution in [0.2, 0.25) is 5.02 Å². The lowest BCUT2D eigenvalue weighted by molar-refractivity contribution is -0.141.